The van der Waals surface area contributed by atoms with Crippen molar-refractivity contribution in [3.8, 4) is 0 Å². The minimum Gasteiger partial charge on any atom is -0.360 e. The summed E-state index contributed by atoms with van der Waals surface area (Å²) in [4.78, 5) is 0. The fraction of sp³-hybridized carbons (Fsp3) is 0.300. The van der Waals surface area contributed by atoms with Gasteiger partial charge in [0.1, 0.15) is 0 Å². The monoisotopic (exact) mass is 348 g/mol. The average molecular weight is 350 g/mol. The molecule has 0 amide bonds. The number of benzene rings is 1. The summed E-state index contributed by atoms with van der Waals surface area (Å²) in [6.07, 6.45) is 2.45. The van der Waals surface area contributed by atoms with Crippen molar-refractivity contribution in [1.29, 1.82) is 0 Å². The van der Waals surface area contributed by atoms with E-state index >= 15 is 0 Å². The average Bonchev–Trinajstić information content (AvgIpc) is 2.95. The van der Waals surface area contributed by atoms with E-state index in [1.165, 1.54) is 12.8 Å². The van der Waals surface area contributed by atoms with Gasteiger partial charge in [-0.1, -0.05) is 15.9 Å². The van der Waals surface area contributed by atoms with Gasteiger partial charge >= 0.3 is 0 Å². The van der Waals surface area contributed by atoms with Crippen LogP contribution in [0.1, 0.15) is 12.8 Å². The molecule has 1 aromatic carbocycles. The summed E-state index contributed by atoms with van der Waals surface area (Å²) >= 11 is 12.1. The summed E-state index contributed by atoms with van der Waals surface area (Å²) in [5.41, 5.74) is 0.975. The van der Waals surface area contributed by atoms with Crippen molar-refractivity contribution >= 4 is 54.9 Å². The molecule has 15 heavy (non-hydrogen) atoms. The van der Waals surface area contributed by atoms with E-state index in [9.17, 15) is 0 Å². The van der Waals surface area contributed by atoms with Crippen LogP contribution < -0.4 is 10.6 Å². The maximum Gasteiger partial charge on any atom is 0.171 e. The third-order valence-electron chi connectivity index (χ3n) is 2.09. The molecule has 1 aliphatic carbocycles. The molecule has 0 aliphatic heterocycles. The van der Waals surface area contributed by atoms with E-state index in [-0.39, 0.29) is 0 Å². The van der Waals surface area contributed by atoms with Crippen LogP contribution >= 0.6 is 44.1 Å². The van der Waals surface area contributed by atoms with E-state index in [1.807, 2.05) is 18.2 Å². The van der Waals surface area contributed by atoms with Gasteiger partial charge in [-0.2, -0.15) is 0 Å². The molecule has 2 nitrogen and oxygen atoms in total. The fourth-order valence-corrected chi connectivity index (χ4v) is 2.15. The number of halogens is 2. The molecule has 80 valence electrons. The smallest absolute Gasteiger partial charge is 0.171 e. The van der Waals surface area contributed by atoms with Crippen molar-refractivity contribution in [3.05, 3.63) is 27.1 Å². The first-order chi connectivity index (χ1) is 7.15. The number of rotatable bonds is 2. The van der Waals surface area contributed by atoms with Crippen LogP contribution in [0.15, 0.2) is 27.1 Å². The predicted molar refractivity (Wildman–Crippen MR) is 74.2 cm³/mol. The number of anilines is 1. The number of hydrogen-bond donors (Lipinski definition) is 2. The molecule has 5 heteroatoms. The minimum atomic E-state index is 0.580. The molecule has 1 fully saturated rings. The van der Waals surface area contributed by atoms with Crippen LogP contribution in [0, 0.1) is 0 Å². The highest BCUT2D eigenvalue weighted by Gasteiger charge is 2.21. The Balaban J connectivity index is 2.01. The quantitative estimate of drug-likeness (QED) is 0.797. The van der Waals surface area contributed by atoms with Gasteiger partial charge in [0.25, 0.3) is 0 Å². The second-order valence-electron chi connectivity index (χ2n) is 3.50. The highest BCUT2D eigenvalue weighted by atomic mass is 79.9. The van der Waals surface area contributed by atoms with Crippen LogP contribution in [0.25, 0.3) is 0 Å². The minimum absolute atomic E-state index is 0.580. The highest BCUT2D eigenvalue weighted by molar-refractivity contribution is 9.11. The van der Waals surface area contributed by atoms with Crippen LogP contribution in [0.4, 0.5) is 5.69 Å². The number of hydrogen-bond acceptors (Lipinski definition) is 1. The Bertz CT molecular complexity index is 391. The van der Waals surface area contributed by atoms with Crippen molar-refractivity contribution in [3.63, 3.8) is 0 Å². The Labute approximate surface area is 111 Å². The third-order valence-corrected chi connectivity index (χ3v) is 3.49. The van der Waals surface area contributed by atoms with Gasteiger partial charge in [-0.05, 0) is 59.2 Å². The van der Waals surface area contributed by atoms with Crippen LogP contribution in [0.3, 0.4) is 0 Å². The third kappa shape index (κ3) is 3.43. The summed E-state index contributed by atoms with van der Waals surface area (Å²) in [6, 6.07) is 6.53. The van der Waals surface area contributed by atoms with Crippen molar-refractivity contribution in [1.82, 2.24) is 5.32 Å². The lowest BCUT2D eigenvalue weighted by Crippen LogP contribution is -2.30. The number of thiocarbonyl (C=S) groups is 1. The van der Waals surface area contributed by atoms with Gasteiger partial charge < -0.3 is 10.6 Å². The Morgan fingerprint density at radius 3 is 2.73 bits per heavy atom. The van der Waals surface area contributed by atoms with Gasteiger partial charge in [-0.15, -0.1) is 0 Å². The molecule has 1 aliphatic rings. The molecule has 0 aromatic heterocycles. The molecular formula is C10H10Br2N2S. The standard InChI is InChI=1S/C10H10Br2N2S/c11-6-1-4-8(12)9(5-6)14-10(15)13-7-2-3-7/h1,4-5,7H,2-3H2,(H2,13,14,15). The highest BCUT2D eigenvalue weighted by Crippen LogP contribution is 2.26. The van der Waals surface area contributed by atoms with Crippen molar-refractivity contribution in [2.45, 2.75) is 18.9 Å². The summed E-state index contributed by atoms with van der Waals surface area (Å²) in [7, 11) is 0. The van der Waals surface area contributed by atoms with Crippen LogP contribution in [0.5, 0.6) is 0 Å². The summed E-state index contributed by atoms with van der Waals surface area (Å²) in [6.45, 7) is 0. The van der Waals surface area contributed by atoms with Gasteiger partial charge in [0.2, 0.25) is 0 Å². The first-order valence-corrected chi connectivity index (χ1v) is 6.67. The molecule has 0 spiro atoms. The predicted octanol–water partition coefficient (Wildman–Crippen LogP) is 3.66. The van der Waals surface area contributed by atoms with Crippen molar-refractivity contribution in [2.75, 3.05) is 5.32 Å². The first-order valence-electron chi connectivity index (χ1n) is 4.68. The van der Waals surface area contributed by atoms with Crippen LogP contribution in [-0.4, -0.2) is 11.2 Å². The SMILES string of the molecule is S=C(Nc1cc(Br)ccc1Br)NC1CC1. The summed E-state index contributed by atoms with van der Waals surface area (Å²) in [5.74, 6) is 0. The van der Waals surface area contributed by atoms with Gasteiger partial charge in [-0.3, -0.25) is 0 Å². The maximum absolute atomic E-state index is 5.20. The number of nitrogens with one attached hydrogen (secondary N) is 2. The van der Waals surface area contributed by atoms with E-state index in [2.05, 4.69) is 42.5 Å². The molecule has 1 saturated carbocycles. The van der Waals surface area contributed by atoms with Gasteiger partial charge in [0.05, 0.1) is 5.69 Å². The van der Waals surface area contributed by atoms with Crippen molar-refractivity contribution in [2.24, 2.45) is 0 Å². The summed E-state index contributed by atoms with van der Waals surface area (Å²) < 4.78 is 2.04. The van der Waals surface area contributed by atoms with E-state index < -0.39 is 0 Å². The molecule has 0 heterocycles. The van der Waals surface area contributed by atoms with Gasteiger partial charge in [0.15, 0.2) is 5.11 Å². The zero-order chi connectivity index (χ0) is 10.8. The molecule has 0 unspecified atom stereocenters. The second-order valence-corrected chi connectivity index (χ2v) is 5.68. The zero-order valence-corrected chi connectivity index (χ0v) is 11.9. The van der Waals surface area contributed by atoms with E-state index in [1.54, 1.807) is 0 Å². The normalized spacial score (nSPS) is 14.8. The largest absolute Gasteiger partial charge is 0.360 e. The summed E-state index contributed by atoms with van der Waals surface area (Å²) in [5, 5.41) is 7.09. The Hall–Kier alpha value is -0.130. The molecule has 2 rings (SSSR count). The molecule has 0 atom stereocenters. The van der Waals surface area contributed by atoms with Crippen LogP contribution in [0.2, 0.25) is 0 Å². The fourth-order valence-electron chi connectivity index (χ4n) is 1.16. The van der Waals surface area contributed by atoms with E-state index in [4.69, 9.17) is 12.2 Å². The molecule has 0 radical (unpaired) electrons. The first kappa shape index (κ1) is 11.4. The molecule has 2 N–H and O–H groups in total. The Kier molecular flexibility index (Phi) is 3.64. The zero-order valence-electron chi connectivity index (χ0n) is 7.89. The van der Waals surface area contributed by atoms with E-state index in [0.717, 1.165) is 14.6 Å². The lowest BCUT2D eigenvalue weighted by atomic mass is 10.3. The molecular weight excluding hydrogens is 340 g/mol. The van der Waals surface area contributed by atoms with Gasteiger partial charge in [-0.25, -0.2) is 0 Å². The maximum atomic E-state index is 5.20. The molecule has 1 aromatic rings. The molecule has 0 saturated heterocycles. The van der Waals surface area contributed by atoms with E-state index in [0.29, 0.717) is 11.2 Å². The van der Waals surface area contributed by atoms with Crippen molar-refractivity contribution < 1.29 is 0 Å². The molecule has 0 bridgehead atoms. The Morgan fingerprint density at radius 1 is 1.33 bits per heavy atom. The lowest BCUT2D eigenvalue weighted by molar-refractivity contribution is 0.919. The Morgan fingerprint density at radius 2 is 2.07 bits per heavy atom. The van der Waals surface area contributed by atoms with Gasteiger partial charge in [0, 0.05) is 15.0 Å². The van der Waals surface area contributed by atoms with Crippen LogP contribution in [-0.2, 0) is 0 Å². The topological polar surface area (TPSA) is 24.1 Å². The second kappa shape index (κ2) is 4.80. The lowest BCUT2D eigenvalue weighted by Gasteiger charge is -2.11.